The molecule has 0 fully saturated rings. The molecule has 0 N–H and O–H groups in total. The Morgan fingerprint density at radius 1 is 1.28 bits per heavy atom. The van der Waals surface area contributed by atoms with Gasteiger partial charge in [-0.3, -0.25) is 9.36 Å². The molecule has 1 aromatic heterocycles. The van der Waals surface area contributed by atoms with E-state index in [2.05, 4.69) is 6.92 Å². The van der Waals surface area contributed by atoms with Gasteiger partial charge in [0.2, 0.25) is 6.41 Å². The molecular formula is C19H28N2O4. The number of aryl methyl sites for hydroxylation is 1. The highest BCUT2D eigenvalue weighted by molar-refractivity contribution is 5.92. The van der Waals surface area contributed by atoms with Gasteiger partial charge in [-0.1, -0.05) is 6.92 Å². The lowest BCUT2D eigenvalue weighted by Gasteiger charge is -2.19. The van der Waals surface area contributed by atoms with Crippen molar-refractivity contribution in [3.63, 3.8) is 0 Å². The predicted octanol–water partition coefficient (Wildman–Crippen LogP) is 3.70. The number of fused-ring (bicyclic) bond motifs is 1. The van der Waals surface area contributed by atoms with E-state index in [4.69, 9.17) is 9.47 Å². The Kier molecular flexibility index (Phi) is 7.03. The molecule has 0 saturated carbocycles. The summed E-state index contributed by atoms with van der Waals surface area (Å²) in [6.45, 7) is 7.65. The number of carbonyl (C=O) groups is 2. The maximum Gasteiger partial charge on any atom is 0.419 e. The van der Waals surface area contributed by atoms with Crippen LogP contribution in [0.1, 0.15) is 33.3 Å². The molecule has 1 aromatic carbocycles. The van der Waals surface area contributed by atoms with E-state index in [1.165, 1.54) is 4.90 Å². The SMILES string of the molecule is CCc1cn(C(=O)OC(C)(C)C)c2ccc(OC)cc12.CN(C)C=O. The Hall–Kier alpha value is -2.50. The smallest absolute Gasteiger partial charge is 0.419 e. The van der Waals surface area contributed by atoms with Gasteiger partial charge in [0.05, 0.1) is 12.6 Å². The first kappa shape index (κ1) is 20.5. The number of rotatable bonds is 3. The van der Waals surface area contributed by atoms with Gasteiger partial charge < -0.3 is 14.4 Å². The van der Waals surface area contributed by atoms with Gasteiger partial charge in [-0.05, 0) is 51.0 Å². The molecule has 0 bridgehead atoms. The minimum absolute atomic E-state index is 0.354. The van der Waals surface area contributed by atoms with Crippen LogP contribution in [0.4, 0.5) is 4.79 Å². The largest absolute Gasteiger partial charge is 0.497 e. The number of hydrogen-bond donors (Lipinski definition) is 0. The van der Waals surface area contributed by atoms with Crippen LogP contribution in [-0.2, 0) is 16.0 Å². The minimum atomic E-state index is -0.507. The van der Waals surface area contributed by atoms with E-state index in [-0.39, 0.29) is 6.09 Å². The average molecular weight is 348 g/mol. The molecule has 0 aliphatic heterocycles. The Morgan fingerprint density at radius 2 is 1.88 bits per heavy atom. The van der Waals surface area contributed by atoms with Crippen molar-refractivity contribution in [1.29, 1.82) is 0 Å². The first-order valence-corrected chi connectivity index (χ1v) is 8.16. The van der Waals surface area contributed by atoms with E-state index < -0.39 is 5.60 Å². The standard InChI is InChI=1S/C16H21NO3.C3H7NO/c1-6-11-10-17(15(18)20-16(2,3)4)14-8-7-12(19-5)9-13(11)14;1-4(2)3-5/h7-10H,6H2,1-5H3;3H,1-2H3. The number of carbonyl (C=O) groups excluding carboxylic acids is 2. The molecule has 2 rings (SSSR count). The first-order chi connectivity index (χ1) is 11.6. The lowest BCUT2D eigenvalue weighted by atomic mass is 10.1. The summed E-state index contributed by atoms with van der Waals surface area (Å²) >= 11 is 0. The number of amides is 1. The van der Waals surface area contributed by atoms with Gasteiger partial charge >= 0.3 is 6.09 Å². The fraction of sp³-hybridized carbons (Fsp3) is 0.474. The summed E-state index contributed by atoms with van der Waals surface area (Å²) in [5, 5.41) is 1.03. The number of benzene rings is 1. The molecular weight excluding hydrogens is 320 g/mol. The Morgan fingerprint density at radius 3 is 2.32 bits per heavy atom. The first-order valence-electron chi connectivity index (χ1n) is 8.16. The van der Waals surface area contributed by atoms with Crippen LogP contribution in [0.15, 0.2) is 24.4 Å². The summed E-state index contributed by atoms with van der Waals surface area (Å²) in [6.07, 6.45) is 3.09. The molecule has 0 atom stereocenters. The third-order valence-electron chi connectivity index (χ3n) is 3.28. The number of nitrogens with zero attached hydrogens (tertiary/aromatic N) is 2. The number of methoxy groups -OCH3 is 1. The highest BCUT2D eigenvalue weighted by atomic mass is 16.6. The van der Waals surface area contributed by atoms with Crippen LogP contribution in [0.2, 0.25) is 0 Å². The van der Waals surface area contributed by atoms with Crippen molar-refractivity contribution in [3.8, 4) is 5.75 Å². The maximum absolute atomic E-state index is 12.3. The van der Waals surface area contributed by atoms with E-state index in [9.17, 15) is 9.59 Å². The van der Waals surface area contributed by atoms with E-state index in [0.717, 1.165) is 35.0 Å². The number of hydrogen-bond acceptors (Lipinski definition) is 4. The van der Waals surface area contributed by atoms with Crippen LogP contribution in [0, 0.1) is 0 Å². The van der Waals surface area contributed by atoms with Gasteiger partial charge in [0.1, 0.15) is 11.4 Å². The Bertz CT molecular complexity index is 727. The lowest BCUT2D eigenvalue weighted by Crippen LogP contribution is -2.26. The summed E-state index contributed by atoms with van der Waals surface area (Å²) in [5.74, 6) is 0.786. The van der Waals surface area contributed by atoms with E-state index in [0.29, 0.717) is 0 Å². The topological polar surface area (TPSA) is 60.8 Å². The van der Waals surface area contributed by atoms with E-state index in [1.807, 2.05) is 45.2 Å². The van der Waals surface area contributed by atoms with Gasteiger partial charge in [0.25, 0.3) is 0 Å². The van der Waals surface area contributed by atoms with Crippen molar-refractivity contribution in [2.75, 3.05) is 21.2 Å². The Balaban J connectivity index is 0.000000550. The highest BCUT2D eigenvalue weighted by Crippen LogP contribution is 2.27. The van der Waals surface area contributed by atoms with Gasteiger partial charge in [0, 0.05) is 25.7 Å². The third kappa shape index (κ3) is 5.81. The van der Waals surface area contributed by atoms with Crippen molar-refractivity contribution >= 4 is 23.4 Å². The number of aromatic nitrogens is 1. The van der Waals surface area contributed by atoms with Crippen LogP contribution in [0.25, 0.3) is 10.9 Å². The summed E-state index contributed by atoms with van der Waals surface area (Å²) in [6, 6.07) is 5.69. The molecule has 0 aliphatic carbocycles. The van der Waals surface area contributed by atoms with Crippen LogP contribution in [0.3, 0.4) is 0 Å². The summed E-state index contributed by atoms with van der Waals surface area (Å²) in [7, 11) is 5.01. The van der Waals surface area contributed by atoms with Crippen LogP contribution >= 0.6 is 0 Å². The molecule has 0 unspecified atom stereocenters. The zero-order valence-corrected chi connectivity index (χ0v) is 16.1. The second kappa shape index (κ2) is 8.55. The lowest BCUT2D eigenvalue weighted by molar-refractivity contribution is -0.115. The quantitative estimate of drug-likeness (QED) is 0.794. The second-order valence-electron chi connectivity index (χ2n) is 6.81. The van der Waals surface area contributed by atoms with Crippen molar-refractivity contribution in [1.82, 2.24) is 9.47 Å². The van der Waals surface area contributed by atoms with Gasteiger partial charge in [-0.15, -0.1) is 0 Å². The van der Waals surface area contributed by atoms with Gasteiger partial charge in [0.15, 0.2) is 0 Å². The fourth-order valence-corrected chi connectivity index (χ4v) is 2.15. The van der Waals surface area contributed by atoms with Crippen molar-refractivity contribution in [2.45, 2.75) is 39.7 Å². The Labute approximate surface area is 149 Å². The van der Waals surface area contributed by atoms with Gasteiger partial charge in [-0.25, -0.2) is 4.79 Å². The van der Waals surface area contributed by atoms with E-state index >= 15 is 0 Å². The molecule has 1 heterocycles. The van der Waals surface area contributed by atoms with Crippen molar-refractivity contribution < 1.29 is 19.1 Å². The fourth-order valence-electron chi connectivity index (χ4n) is 2.15. The second-order valence-corrected chi connectivity index (χ2v) is 6.81. The number of ether oxygens (including phenoxy) is 2. The molecule has 1 amide bonds. The molecule has 0 saturated heterocycles. The summed E-state index contributed by atoms with van der Waals surface area (Å²) in [4.78, 5) is 23.1. The minimum Gasteiger partial charge on any atom is -0.497 e. The molecule has 0 radical (unpaired) electrons. The summed E-state index contributed by atoms with van der Waals surface area (Å²) < 4.78 is 12.3. The zero-order valence-electron chi connectivity index (χ0n) is 16.1. The normalized spacial score (nSPS) is 10.7. The zero-order chi connectivity index (χ0) is 19.2. The maximum atomic E-state index is 12.3. The predicted molar refractivity (Wildman–Crippen MR) is 99.3 cm³/mol. The highest BCUT2D eigenvalue weighted by Gasteiger charge is 2.20. The molecule has 6 nitrogen and oxygen atoms in total. The van der Waals surface area contributed by atoms with Gasteiger partial charge in [-0.2, -0.15) is 0 Å². The molecule has 0 spiro atoms. The molecule has 138 valence electrons. The molecule has 2 aromatic rings. The molecule has 25 heavy (non-hydrogen) atoms. The van der Waals surface area contributed by atoms with Crippen LogP contribution in [-0.4, -0.2) is 48.8 Å². The van der Waals surface area contributed by atoms with Crippen molar-refractivity contribution in [3.05, 3.63) is 30.0 Å². The average Bonchev–Trinajstić information content (AvgIpc) is 2.91. The van der Waals surface area contributed by atoms with Crippen LogP contribution in [0.5, 0.6) is 5.75 Å². The van der Waals surface area contributed by atoms with Crippen LogP contribution < -0.4 is 4.74 Å². The monoisotopic (exact) mass is 348 g/mol. The molecule has 0 aliphatic rings. The van der Waals surface area contributed by atoms with Crippen molar-refractivity contribution in [2.24, 2.45) is 0 Å². The third-order valence-corrected chi connectivity index (χ3v) is 3.28. The summed E-state index contributed by atoms with van der Waals surface area (Å²) in [5.41, 5.74) is 1.44. The molecule has 6 heteroatoms. The van der Waals surface area contributed by atoms with E-state index in [1.54, 1.807) is 25.8 Å².